The van der Waals surface area contributed by atoms with Gasteiger partial charge in [-0.25, -0.2) is 14.6 Å². The molecule has 27 heavy (non-hydrogen) atoms. The number of thiazole rings is 1. The Balaban J connectivity index is 1.91. The lowest BCUT2D eigenvalue weighted by atomic mass is 10.0. The number of phenolic OH excluding ortho intramolecular Hbond substituents is 1. The van der Waals surface area contributed by atoms with E-state index >= 15 is 0 Å². The van der Waals surface area contributed by atoms with Crippen LogP contribution in [-0.2, 0) is 22.5 Å². The predicted octanol–water partition coefficient (Wildman–Crippen LogP) is 2.90. The van der Waals surface area contributed by atoms with E-state index in [2.05, 4.69) is 22.0 Å². The summed E-state index contributed by atoms with van der Waals surface area (Å²) in [5, 5.41) is 14.9. The maximum Gasteiger partial charge on any atom is 0.328 e. The minimum absolute atomic E-state index is 0.228. The number of carbonyl (C=O) groups excluding carboxylic acids is 2. The van der Waals surface area contributed by atoms with Crippen molar-refractivity contribution in [3.8, 4) is 5.75 Å². The van der Waals surface area contributed by atoms with Crippen LogP contribution in [0.2, 0.25) is 0 Å². The zero-order valence-electron chi connectivity index (χ0n) is 15.9. The molecule has 1 aromatic heterocycles. The number of aromatic nitrogens is 1. The Bertz CT molecular complexity index is 776. The van der Waals surface area contributed by atoms with Crippen LogP contribution in [0.15, 0.2) is 29.6 Å². The molecule has 0 spiro atoms. The highest BCUT2D eigenvalue weighted by Gasteiger charge is 2.19. The number of urea groups is 1. The number of rotatable bonds is 7. The number of methoxy groups -OCH3 is 1. The Morgan fingerprint density at radius 3 is 2.59 bits per heavy atom. The monoisotopic (exact) mass is 391 g/mol. The minimum Gasteiger partial charge on any atom is -0.508 e. The van der Waals surface area contributed by atoms with Crippen LogP contribution in [0.5, 0.6) is 5.75 Å². The molecule has 8 heteroatoms. The van der Waals surface area contributed by atoms with Gasteiger partial charge in [0.15, 0.2) is 0 Å². The van der Waals surface area contributed by atoms with E-state index in [1.54, 1.807) is 37.4 Å². The lowest BCUT2D eigenvalue weighted by Gasteiger charge is -2.19. The zero-order valence-corrected chi connectivity index (χ0v) is 16.7. The van der Waals surface area contributed by atoms with E-state index in [0.717, 1.165) is 22.7 Å². The van der Waals surface area contributed by atoms with Crippen molar-refractivity contribution in [2.75, 3.05) is 14.2 Å². The lowest BCUT2D eigenvalue weighted by Crippen LogP contribution is -2.45. The van der Waals surface area contributed by atoms with Crippen molar-refractivity contribution >= 4 is 23.3 Å². The van der Waals surface area contributed by atoms with Crippen LogP contribution in [0, 0.1) is 0 Å². The molecule has 0 aliphatic carbocycles. The first-order valence-corrected chi connectivity index (χ1v) is 9.49. The van der Waals surface area contributed by atoms with Gasteiger partial charge in [0.2, 0.25) is 0 Å². The van der Waals surface area contributed by atoms with Crippen molar-refractivity contribution in [1.82, 2.24) is 15.2 Å². The van der Waals surface area contributed by atoms with Gasteiger partial charge >= 0.3 is 12.0 Å². The first kappa shape index (κ1) is 20.7. The highest BCUT2D eigenvalue weighted by atomic mass is 32.1. The molecule has 1 unspecified atom stereocenters. The SMILES string of the molecule is COC(=O)[C@H](C)NC(=O)N(C)Cc1csc(C(C)Cc2ccc(O)cc2)n1. The smallest absolute Gasteiger partial charge is 0.328 e. The van der Waals surface area contributed by atoms with Gasteiger partial charge in [0, 0.05) is 18.3 Å². The molecular formula is C19H25N3O4S. The Labute approximate surface area is 163 Å². The molecule has 1 heterocycles. The Kier molecular flexibility index (Phi) is 7.18. The summed E-state index contributed by atoms with van der Waals surface area (Å²) in [6, 6.07) is 6.10. The Morgan fingerprint density at radius 1 is 1.30 bits per heavy atom. The summed E-state index contributed by atoms with van der Waals surface area (Å²) in [4.78, 5) is 29.7. The van der Waals surface area contributed by atoms with Crippen molar-refractivity contribution in [3.63, 3.8) is 0 Å². The third-order valence-corrected chi connectivity index (χ3v) is 5.23. The van der Waals surface area contributed by atoms with Gasteiger partial charge in [0.1, 0.15) is 11.8 Å². The summed E-state index contributed by atoms with van der Waals surface area (Å²) in [6.07, 6.45) is 0.820. The summed E-state index contributed by atoms with van der Waals surface area (Å²) in [7, 11) is 2.93. The highest BCUT2D eigenvalue weighted by Crippen LogP contribution is 2.25. The number of phenols is 1. The summed E-state index contributed by atoms with van der Waals surface area (Å²) in [5.41, 5.74) is 1.93. The number of aromatic hydroxyl groups is 1. The van der Waals surface area contributed by atoms with Crippen molar-refractivity contribution in [3.05, 3.63) is 45.9 Å². The fraction of sp³-hybridized carbons (Fsp3) is 0.421. The zero-order chi connectivity index (χ0) is 20.0. The van der Waals surface area contributed by atoms with Gasteiger partial charge in [-0.2, -0.15) is 0 Å². The van der Waals surface area contributed by atoms with Gasteiger partial charge < -0.3 is 20.1 Å². The number of nitrogens with one attached hydrogen (secondary N) is 1. The van der Waals surface area contributed by atoms with E-state index in [-0.39, 0.29) is 17.7 Å². The van der Waals surface area contributed by atoms with Crippen LogP contribution >= 0.6 is 11.3 Å². The second-order valence-corrected chi connectivity index (χ2v) is 7.39. The summed E-state index contributed by atoms with van der Waals surface area (Å²) < 4.78 is 4.60. The summed E-state index contributed by atoms with van der Waals surface area (Å²) >= 11 is 1.56. The standard InChI is InChI=1S/C19H25N3O4S/c1-12(9-14-5-7-16(23)8-6-14)17-21-15(11-27-17)10-22(3)19(25)20-13(2)18(24)26-4/h5-8,11-13,23H,9-10H2,1-4H3,(H,20,25)/t12?,13-/m0/s1. The molecule has 7 nitrogen and oxygen atoms in total. The van der Waals surface area contributed by atoms with Gasteiger partial charge in [0.05, 0.1) is 24.4 Å². The fourth-order valence-electron chi connectivity index (χ4n) is 2.54. The number of esters is 1. The largest absolute Gasteiger partial charge is 0.508 e. The molecule has 2 aromatic rings. The molecule has 0 bridgehead atoms. The molecule has 2 amide bonds. The molecule has 0 saturated heterocycles. The van der Waals surface area contributed by atoms with Crippen LogP contribution in [-0.4, -0.2) is 47.2 Å². The number of benzene rings is 1. The van der Waals surface area contributed by atoms with Crippen LogP contribution in [0.4, 0.5) is 4.79 Å². The van der Waals surface area contributed by atoms with Crippen molar-refractivity contribution in [2.45, 2.75) is 38.8 Å². The maximum absolute atomic E-state index is 12.1. The molecule has 0 saturated carbocycles. The van der Waals surface area contributed by atoms with Crippen molar-refractivity contribution in [2.24, 2.45) is 0 Å². The highest BCUT2D eigenvalue weighted by molar-refractivity contribution is 7.09. The van der Waals surface area contributed by atoms with E-state index in [1.807, 2.05) is 17.5 Å². The molecule has 2 N–H and O–H groups in total. The number of hydrogen-bond donors (Lipinski definition) is 2. The first-order chi connectivity index (χ1) is 12.8. The molecule has 2 atom stereocenters. The fourth-order valence-corrected chi connectivity index (χ4v) is 3.41. The van der Waals surface area contributed by atoms with Gasteiger partial charge in [-0.05, 0) is 31.0 Å². The van der Waals surface area contributed by atoms with Gasteiger partial charge in [-0.1, -0.05) is 19.1 Å². The normalized spacial score (nSPS) is 12.9. The summed E-state index contributed by atoms with van der Waals surface area (Å²) in [5.74, 6) is -0.00621. The molecule has 0 fully saturated rings. The minimum atomic E-state index is -0.707. The van der Waals surface area contributed by atoms with Crippen LogP contribution < -0.4 is 5.32 Å². The lowest BCUT2D eigenvalue weighted by molar-refractivity contribution is -0.142. The van der Waals surface area contributed by atoms with E-state index < -0.39 is 12.0 Å². The van der Waals surface area contributed by atoms with Gasteiger partial charge in [-0.15, -0.1) is 11.3 Å². The molecule has 1 aromatic carbocycles. The first-order valence-electron chi connectivity index (χ1n) is 8.61. The Hall–Kier alpha value is -2.61. The topological polar surface area (TPSA) is 91.8 Å². The Morgan fingerprint density at radius 2 is 1.96 bits per heavy atom. The second kappa shape index (κ2) is 9.36. The molecular weight excluding hydrogens is 366 g/mol. The van der Waals surface area contributed by atoms with E-state index in [4.69, 9.17) is 0 Å². The average Bonchev–Trinajstić information content (AvgIpc) is 3.11. The van der Waals surface area contributed by atoms with Crippen molar-refractivity contribution in [1.29, 1.82) is 0 Å². The van der Waals surface area contributed by atoms with E-state index in [0.29, 0.717) is 6.54 Å². The number of carbonyl (C=O) groups is 2. The molecule has 146 valence electrons. The van der Waals surface area contributed by atoms with E-state index in [1.165, 1.54) is 12.0 Å². The van der Waals surface area contributed by atoms with Crippen LogP contribution in [0.3, 0.4) is 0 Å². The van der Waals surface area contributed by atoms with Crippen LogP contribution in [0.25, 0.3) is 0 Å². The average molecular weight is 391 g/mol. The third-order valence-electron chi connectivity index (χ3n) is 4.11. The second-order valence-electron chi connectivity index (χ2n) is 6.50. The molecule has 2 rings (SSSR count). The van der Waals surface area contributed by atoms with E-state index in [9.17, 15) is 14.7 Å². The predicted molar refractivity (Wildman–Crippen MR) is 104 cm³/mol. The quantitative estimate of drug-likeness (QED) is 0.708. The van der Waals surface area contributed by atoms with Gasteiger partial charge in [0.25, 0.3) is 0 Å². The molecule has 0 radical (unpaired) electrons. The van der Waals surface area contributed by atoms with Crippen molar-refractivity contribution < 1.29 is 19.4 Å². The number of ether oxygens (including phenoxy) is 1. The van der Waals surface area contributed by atoms with Gasteiger partial charge in [-0.3, -0.25) is 0 Å². The van der Waals surface area contributed by atoms with Crippen LogP contribution in [0.1, 0.15) is 36.0 Å². The number of nitrogens with zero attached hydrogens (tertiary/aromatic N) is 2. The summed E-state index contributed by atoms with van der Waals surface area (Å²) in [6.45, 7) is 4.02. The molecule has 0 aliphatic rings. The number of amides is 2. The third kappa shape index (κ3) is 5.96. The molecule has 0 aliphatic heterocycles. The maximum atomic E-state index is 12.1. The number of hydrogen-bond acceptors (Lipinski definition) is 6.